The fourth-order valence-corrected chi connectivity index (χ4v) is 3.06. The Labute approximate surface area is 94.0 Å². The van der Waals surface area contributed by atoms with Crippen molar-refractivity contribution < 1.29 is 17.9 Å². The summed E-state index contributed by atoms with van der Waals surface area (Å²) < 4.78 is 32.3. The van der Waals surface area contributed by atoms with Gasteiger partial charge in [-0.3, -0.25) is 10.1 Å². The van der Waals surface area contributed by atoms with E-state index in [0.717, 1.165) is 17.4 Å². The van der Waals surface area contributed by atoms with Crippen molar-refractivity contribution >= 4 is 37.2 Å². The number of fused-ring (bicyclic) bond motifs is 1. The molecule has 0 radical (unpaired) electrons. The molecule has 0 N–H and O–H groups in total. The normalized spacial score (nSPS) is 11.8. The Kier molecular flexibility index (Phi) is 2.41. The van der Waals surface area contributed by atoms with Gasteiger partial charge in [-0.15, -0.1) is 11.3 Å². The number of non-ortho nitro benzene ring substituents is 1. The second-order valence-electron chi connectivity index (χ2n) is 2.97. The highest BCUT2D eigenvalue weighted by Crippen LogP contribution is 2.34. The van der Waals surface area contributed by atoms with Gasteiger partial charge in [0.25, 0.3) is 5.69 Å². The van der Waals surface area contributed by atoms with Crippen LogP contribution in [0.25, 0.3) is 10.1 Å². The van der Waals surface area contributed by atoms with E-state index in [4.69, 9.17) is 0 Å². The van der Waals surface area contributed by atoms with Crippen molar-refractivity contribution in [3.05, 3.63) is 34.4 Å². The lowest BCUT2D eigenvalue weighted by atomic mass is 10.2. The topological polar surface area (TPSA) is 100 Å². The molecule has 0 bridgehead atoms. The van der Waals surface area contributed by atoms with Crippen LogP contribution in [0.5, 0.6) is 0 Å². The third-order valence-electron chi connectivity index (χ3n) is 1.96. The lowest BCUT2D eigenvalue weighted by Crippen LogP contribution is -1.94. The van der Waals surface area contributed by atoms with Crippen LogP contribution in [0.15, 0.2) is 28.5 Å². The minimum atomic E-state index is -4.56. The molecule has 0 fully saturated rings. The maximum absolute atomic E-state index is 10.8. The summed E-state index contributed by atoms with van der Waals surface area (Å²) in [5, 5.41) is 10.8. The van der Waals surface area contributed by atoms with Gasteiger partial charge >= 0.3 is 0 Å². The van der Waals surface area contributed by atoms with Gasteiger partial charge in [-0.1, -0.05) is 6.07 Å². The molecule has 1 aromatic heterocycles. The first-order valence-electron chi connectivity index (χ1n) is 4.02. The molecule has 8 heteroatoms. The molecule has 1 aromatic carbocycles. The molecular weight excluding hydrogens is 254 g/mol. The molecule has 6 nitrogen and oxygen atoms in total. The van der Waals surface area contributed by atoms with E-state index in [2.05, 4.69) is 0 Å². The minimum Gasteiger partial charge on any atom is -0.743 e. The minimum absolute atomic E-state index is 0.173. The largest absolute Gasteiger partial charge is 0.743 e. The molecule has 16 heavy (non-hydrogen) atoms. The fourth-order valence-electron chi connectivity index (χ4n) is 1.30. The number of nitro benzene ring substituents is 1. The molecule has 0 saturated heterocycles. The fraction of sp³-hybridized carbons (Fsp3) is 0. The second kappa shape index (κ2) is 3.51. The van der Waals surface area contributed by atoms with Crippen LogP contribution in [0.2, 0.25) is 0 Å². The summed E-state index contributed by atoms with van der Waals surface area (Å²) in [4.78, 5) is 10.0. The van der Waals surface area contributed by atoms with E-state index in [1.54, 1.807) is 0 Å². The van der Waals surface area contributed by atoms with E-state index in [0.29, 0.717) is 4.70 Å². The molecule has 0 aliphatic heterocycles. The van der Waals surface area contributed by atoms with Crippen LogP contribution in [-0.2, 0) is 10.1 Å². The summed E-state index contributed by atoms with van der Waals surface area (Å²) >= 11 is 0.731. The van der Waals surface area contributed by atoms with Crippen LogP contribution in [0.4, 0.5) is 5.69 Å². The van der Waals surface area contributed by atoms with Crippen molar-refractivity contribution in [2.24, 2.45) is 0 Å². The first kappa shape index (κ1) is 11.0. The molecule has 0 aliphatic rings. The highest BCUT2D eigenvalue weighted by Gasteiger charge is 2.16. The smallest absolute Gasteiger partial charge is 0.278 e. The maximum atomic E-state index is 10.8. The number of nitro groups is 1. The van der Waals surface area contributed by atoms with Crippen LogP contribution >= 0.6 is 11.3 Å². The molecule has 2 rings (SSSR count). The zero-order valence-corrected chi connectivity index (χ0v) is 9.25. The number of rotatable bonds is 2. The predicted molar refractivity (Wildman–Crippen MR) is 56.4 cm³/mol. The second-order valence-corrected chi connectivity index (χ2v) is 5.66. The third kappa shape index (κ3) is 1.77. The summed E-state index contributed by atoms with van der Waals surface area (Å²) in [6, 6.07) is 5.27. The number of benzene rings is 1. The Morgan fingerprint density at radius 1 is 1.31 bits per heavy atom. The third-order valence-corrected chi connectivity index (χ3v) is 4.33. The van der Waals surface area contributed by atoms with Crippen molar-refractivity contribution in [3.8, 4) is 0 Å². The van der Waals surface area contributed by atoms with Gasteiger partial charge in [0.1, 0.15) is 14.3 Å². The van der Waals surface area contributed by atoms with Crippen LogP contribution in [0, 0.1) is 10.1 Å². The van der Waals surface area contributed by atoms with Crippen molar-refractivity contribution in [1.82, 2.24) is 0 Å². The quantitative estimate of drug-likeness (QED) is 0.463. The van der Waals surface area contributed by atoms with Crippen LogP contribution in [-0.4, -0.2) is 17.9 Å². The van der Waals surface area contributed by atoms with E-state index in [-0.39, 0.29) is 11.1 Å². The number of thiophene rings is 1. The molecule has 1 heterocycles. The van der Waals surface area contributed by atoms with Crippen molar-refractivity contribution in [3.63, 3.8) is 0 Å². The van der Waals surface area contributed by atoms with Gasteiger partial charge in [-0.2, -0.15) is 0 Å². The number of nitrogens with zero attached hydrogens (tertiary/aromatic N) is 1. The van der Waals surface area contributed by atoms with E-state index in [1.807, 2.05) is 0 Å². The number of hydrogen-bond donors (Lipinski definition) is 0. The van der Waals surface area contributed by atoms with Crippen LogP contribution in [0.3, 0.4) is 0 Å². The van der Waals surface area contributed by atoms with E-state index in [1.165, 1.54) is 18.2 Å². The highest BCUT2D eigenvalue weighted by molar-refractivity contribution is 7.88. The number of hydrogen-bond acceptors (Lipinski definition) is 6. The Morgan fingerprint density at radius 3 is 2.56 bits per heavy atom. The Bertz CT molecular complexity index is 673. The van der Waals surface area contributed by atoms with Crippen molar-refractivity contribution in [1.29, 1.82) is 0 Å². The highest BCUT2D eigenvalue weighted by atomic mass is 32.3. The Hall–Kier alpha value is -1.51. The molecule has 0 atom stereocenters. The average molecular weight is 258 g/mol. The molecule has 0 aliphatic carbocycles. The molecule has 0 amide bonds. The van der Waals surface area contributed by atoms with E-state index in [9.17, 15) is 23.1 Å². The van der Waals surface area contributed by atoms with E-state index < -0.39 is 19.3 Å². The molecule has 2 aromatic rings. The summed E-state index contributed by atoms with van der Waals surface area (Å²) in [6.45, 7) is 0. The van der Waals surface area contributed by atoms with Gasteiger partial charge in [0.2, 0.25) is 0 Å². The molecule has 0 spiro atoms. The molecular formula is C8H4NO5S2-. The standard InChI is InChI=1S/C8H5NO5S2/c10-9(11)6-2-1-3-7-5(6)4-8(15-7)16(12,13)14/h1-4H,(H,12,13,14)/p-1. The lowest BCUT2D eigenvalue weighted by molar-refractivity contribution is -0.383. The zero-order chi connectivity index (χ0) is 11.9. The van der Waals surface area contributed by atoms with Gasteiger partial charge < -0.3 is 4.55 Å². The summed E-state index contributed by atoms with van der Waals surface area (Å²) in [6.07, 6.45) is 0. The Morgan fingerprint density at radius 2 is 2.00 bits per heavy atom. The lowest BCUT2D eigenvalue weighted by Gasteiger charge is -2.00. The molecule has 0 unspecified atom stereocenters. The van der Waals surface area contributed by atoms with Gasteiger partial charge in [0.15, 0.2) is 0 Å². The van der Waals surface area contributed by atoms with Crippen LogP contribution in [0.1, 0.15) is 0 Å². The maximum Gasteiger partial charge on any atom is 0.278 e. The monoisotopic (exact) mass is 258 g/mol. The van der Waals surface area contributed by atoms with Crippen molar-refractivity contribution in [2.75, 3.05) is 0 Å². The van der Waals surface area contributed by atoms with Gasteiger partial charge in [-0.05, 0) is 12.1 Å². The van der Waals surface area contributed by atoms with Gasteiger partial charge in [-0.25, -0.2) is 8.42 Å². The molecule has 84 valence electrons. The average Bonchev–Trinajstić information content (AvgIpc) is 2.59. The summed E-state index contributed by atoms with van der Waals surface area (Å²) in [5.41, 5.74) is -0.205. The summed E-state index contributed by atoms with van der Waals surface area (Å²) in [7, 11) is -4.56. The first-order valence-corrected chi connectivity index (χ1v) is 6.25. The summed E-state index contributed by atoms with van der Waals surface area (Å²) in [5.74, 6) is 0. The van der Waals surface area contributed by atoms with E-state index >= 15 is 0 Å². The first-order chi connectivity index (χ1) is 7.39. The van der Waals surface area contributed by atoms with Crippen LogP contribution < -0.4 is 0 Å². The zero-order valence-electron chi connectivity index (χ0n) is 7.61. The van der Waals surface area contributed by atoms with Crippen molar-refractivity contribution in [2.45, 2.75) is 4.21 Å². The van der Waals surface area contributed by atoms with Gasteiger partial charge in [0.05, 0.1) is 10.3 Å². The Balaban J connectivity index is 2.81. The predicted octanol–water partition coefficient (Wildman–Crippen LogP) is 1.71. The van der Waals surface area contributed by atoms with Gasteiger partial charge in [0, 0.05) is 10.8 Å². The molecule has 0 saturated carbocycles. The SMILES string of the molecule is O=[N+]([O-])c1cccc2sc(S(=O)(=O)[O-])cc12.